The van der Waals surface area contributed by atoms with Crippen molar-refractivity contribution in [1.82, 2.24) is 10.3 Å². The Morgan fingerprint density at radius 3 is 3.00 bits per heavy atom. The van der Waals surface area contributed by atoms with Gasteiger partial charge in [0.15, 0.2) is 0 Å². The highest BCUT2D eigenvalue weighted by Crippen LogP contribution is 2.33. The van der Waals surface area contributed by atoms with Crippen molar-refractivity contribution < 1.29 is 4.39 Å². The van der Waals surface area contributed by atoms with Crippen LogP contribution in [0.4, 0.5) is 4.39 Å². The van der Waals surface area contributed by atoms with Gasteiger partial charge < -0.3 is 5.32 Å². The Morgan fingerprint density at radius 1 is 1.50 bits per heavy atom. The maximum absolute atomic E-state index is 13.1. The zero-order valence-electron chi connectivity index (χ0n) is 9.03. The van der Waals surface area contributed by atoms with Crippen molar-refractivity contribution in [3.05, 3.63) is 29.0 Å². The molecule has 0 saturated carbocycles. The third-order valence-electron chi connectivity index (χ3n) is 3.28. The zero-order valence-corrected chi connectivity index (χ0v) is 9.85. The van der Waals surface area contributed by atoms with Crippen LogP contribution in [-0.4, -0.2) is 18.1 Å². The van der Waals surface area contributed by atoms with Crippen LogP contribution < -0.4 is 5.32 Å². The smallest absolute Gasteiger partial charge is 0.124 e. The van der Waals surface area contributed by atoms with E-state index in [1.807, 2.05) is 0 Å². The third-order valence-corrected chi connectivity index (χ3v) is 4.50. The molecule has 1 aliphatic heterocycles. The highest BCUT2D eigenvalue weighted by Gasteiger charge is 2.26. The van der Waals surface area contributed by atoms with Crippen LogP contribution in [0.3, 0.4) is 0 Å². The number of benzene rings is 1. The van der Waals surface area contributed by atoms with E-state index in [4.69, 9.17) is 0 Å². The highest BCUT2D eigenvalue weighted by molar-refractivity contribution is 7.18. The summed E-state index contributed by atoms with van der Waals surface area (Å²) in [4.78, 5) is 4.58. The summed E-state index contributed by atoms with van der Waals surface area (Å²) in [6.07, 6.45) is 0. The third kappa shape index (κ3) is 1.62. The molecule has 2 heterocycles. The molecule has 0 radical (unpaired) electrons. The van der Waals surface area contributed by atoms with E-state index in [1.165, 1.54) is 6.07 Å². The number of thiazole rings is 1. The standard InChI is InChI=1S/C12H13FN2S/c1-7(8-5-14-6-8)12-15-10-3-2-9(13)4-11(10)16-12/h2-4,7-8,14H,5-6H2,1H3. The second-order valence-corrected chi connectivity index (χ2v) is 5.43. The molecule has 1 fully saturated rings. The summed E-state index contributed by atoms with van der Waals surface area (Å²) in [5.74, 6) is 0.979. The number of fused-ring (bicyclic) bond motifs is 1. The highest BCUT2D eigenvalue weighted by atomic mass is 32.1. The predicted octanol–water partition coefficient (Wildman–Crippen LogP) is 2.76. The molecule has 84 valence electrons. The molecule has 1 aromatic carbocycles. The summed E-state index contributed by atoms with van der Waals surface area (Å²) < 4.78 is 14.0. The average molecular weight is 236 g/mol. The Hall–Kier alpha value is -1.00. The molecular formula is C12H13FN2S. The van der Waals surface area contributed by atoms with Gasteiger partial charge in [0.05, 0.1) is 15.2 Å². The van der Waals surface area contributed by atoms with Gasteiger partial charge in [0.1, 0.15) is 5.82 Å². The quantitative estimate of drug-likeness (QED) is 0.867. The van der Waals surface area contributed by atoms with Gasteiger partial charge in [-0.25, -0.2) is 9.37 Å². The van der Waals surface area contributed by atoms with E-state index in [0.29, 0.717) is 11.8 Å². The molecule has 1 unspecified atom stereocenters. The first-order valence-electron chi connectivity index (χ1n) is 5.51. The van der Waals surface area contributed by atoms with Crippen molar-refractivity contribution in [1.29, 1.82) is 0 Å². The Bertz CT molecular complexity index is 519. The lowest BCUT2D eigenvalue weighted by molar-refractivity contribution is 0.303. The van der Waals surface area contributed by atoms with Crippen LogP contribution in [0.25, 0.3) is 10.2 Å². The minimum atomic E-state index is -0.180. The van der Waals surface area contributed by atoms with Gasteiger partial charge in [-0.2, -0.15) is 0 Å². The number of hydrogen-bond acceptors (Lipinski definition) is 3. The van der Waals surface area contributed by atoms with Gasteiger partial charge in [-0.15, -0.1) is 11.3 Å². The van der Waals surface area contributed by atoms with Crippen molar-refractivity contribution >= 4 is 21.6 Å². The summed E-state index contributed by atoms with van der Waals surface area (Å²) >= 11 is 1.62. The maximum Gasteiger partial charge on any atom is 0.124 e. The molecular weight excluding hydrogens is 223 g/mol. The Kier molecular flexibility index (Phi) is 2.41. The molecule has 1 aliphatic rings. The van der Waals surface area contributed by atoms with Crippen LogP contribution in [0.15, 0.2) is 18.2 Å². The molecule has 1 saturated heterocycles. The average Bonchev–Trinajstić information content (AvgIpc) is 2.57. The fourth-order valence-electron chi connectivity index (χ4n) is 1.98. The first kappa shape index (κ1) is 10.2. The maximum atomic E-state index is 13.1. The number of halogens is 1. The number of aromatic nitrogens is 1. The van der Waals surface area contributed by atoms with E-state index in [0.717, 1.165) is 28.3 Å². The van der Waals surface area contributed by atoms with Crippen molar-refractivity contribution in [2.24, 2.45) is 5.92 Å². The van der Waals surface area contributed by atoms with Gasteiger partial charge >= 0.3 is 0 Å². The summed E-state index contributed by atoms with van der Waals surface area (Å²) in [7, 11) is 0. The van der Waals surface area contributed by atoms with E-state index in [9.17, 15) is 4.39 Å². The molecule has 1 N–H and O–H groups in total. The molecule has 4 heteroatoms. The molecule has 1 aromatic heterocycles. The van der Waals surface area contributed by atoms with E-state index in [2.05, 4.69) is 17.2 Å². The molecule has 1 atom stereocenters. The van der Waals surface area contributed by atoms with Crippen molar-refractivity contribution in [3.8, 4) is 0 Å². The normalized spacial score (nSPS) is 18.6. The van der Waals surface area contributed by atoms with Crippen LogP contribution in [0.2, 0.25) is 0 Å². The predicted molar refractivity (Wildman–Crippen MR) is 64.4 cm³/mol. The first-order valence-corrected chi connectivity index (χ1v) is 6.32. The van der Waals surface area contributed by atoms with E-state index in [-0.39, 0.29) is 5.82 Å². The summed E-state index contributed by atoms with van der Waals surface area (Å²) in [5, 5.41) is 4.40. The minimum absolute atomic E-state index is 0.180. The summed E-state index contributed by atoms with van der Waals surface area (Å²) in [6, 6.07) is 4.81. The minimum Gasteiger partial charge on any atom is -0.316 e. The molecule has 0 spiro atoms. The first-order chi connectivity index (χ1) is 7.74. The van der Waals surface area contributed by atoms with Crippen LogP contribution >= 0.6 is 11.3 Å². The second kappa shape index (κ2) is 3.79. The topological polar surface area (TPSA) is 24.9 Å². The van der Waals surface area contributed by atoms with Crippen molar-refractivity contribution in [2.45, 2.75) is 12.8 Å². The van der Waals surface area contributed by atoms with Crippen LogP contribution in [0.1, 0.15) is 17.8 Å². The number of hydrogen-bond donors (Lipinski definition) is 1. The van der Waals surface area contributed by atoms with E-state index >= 15 is 0 Å². The van der Waals surface area contributed by atoms with Gasteiger partial charge in [-0.05, 0) is 37.2 Å². The molecule has 0 amide bonds. The largest absolute Gasteiger partial charge is 0.316 e. The van der Waals surface area contributed by atoms with Crippen molar-refractivity contribution in [2.75, 3.05) is 13.1 Å². The van der Waals surface area contributed by atoms with E-state index < -0.39 is 0 Å². The monoisotopic (exact) mass is 236 g/mol. The van der Waals surface area contributed by atoms with Crippen molar-refractivity contribution in [3.63, 3.8) is 0 Å². The van der Waals surface area contributed by atoms with Gasteiger partial charge in [-0.1, -0.05) is 6.92 Å². The molecule has 0 aliphatic carbocycles. The fourth-order valence-corrected chi connectivity index (χ4v) is 3.11. The van der Waals surface area contributed by atoms with Crippen LogP contribution in [0, 0.1) is 11.7 Å². The number of rotatable bonds is 2. The fraction of sp³-hybridized carbons (Fsp3) is 0.417. The molecule has 2 aromatic rings. The number of nitrogens with zero attached hydrogens (tertiary/aromatic N) is 1. The Labute approximate surface area is 97.5 Å². The Balaban J connectivity index is 1.97. The molecule has 16 heavy (non-hydrogen) atoms. The van der Waals surface area contributed by atoms with Gasteiger partial charge in [0.25, 0.3) is 0 Å². The van der Waals surface area contributed by atoms with Crippen LogP contribution in [0.5, 0.6) is 0 Å². The summed E-state index contributed by atoms with van der Waals surface area (Å²) in [5.41, 5.74) is 0.917. The van der Waals surface area contributed by atoms with Gasteiger partial charge in [-0.3, -0.25) is 0 Å². The SMILES string of the molecule is CC(c1nc2ccc(F)cc2s1)C1CNC1. The van der Waals surface area contributed by atoms with Gasteiger partial charge in [0.2, 0.25) is 0 Å². The second-order valence-electron chi connectivity index (χ2n) is 4.37. The van der Waals surface area contributed by atoms with E-state index in [1.54, 1.807) is 23.5 Å². The summed E-state index contributed by atoms with van der Waals surface area (Å²) in [6.45, 7) is 4.36. The zero-order chi connectivity index (χ0) is 11.1. The molecule has 2 nitrogen and oxygen atoms in total. The van der Waals surface area contributed by atoms with Crippen LogP contribution in [-0.2, 0) is 0 Å². The molecule has 3 rings (SSSR count). The lowest BCUT2D eigenvalue weighted by Crippen LogP contribution is -2.44. The number of nitrogens with one attached hydrogen (secondary N) is 1. The van der Waals surface area contributed by atoms with Gasteiger partial charge in [0, 0.05) is 5.92 Å². The lowest BCUT2D eigenvalue weighted by atomic mass is 9.89. The Morgan fingerprint density at radius 2 is 2.31 bits per heavy atom. The lowest BCUT2D eigenvalue weighted by Gasteiger charge is -2.31. The molecule has 0 bridgehead atoms.